The molecule has 0 fully saturated rings. The second kappa shape index (κ2) is 11.5. The van der Waals surface area contributed by atoms with Crippen molar-refractivity contribution in [2.45, 2.75) is 13.8 Å². The summed E-state index contributed by atoms with van der Waals surface area (Å²) >= 11 is 0. The summed E-state index contributed by atoms with van der Waals surface area (Å²) in [7, 11) is 0. The van der Waals surface area contributed by atoms with Gasteiger partial charge in [-0.3, -0.25) is 0 Å². The van der Waals surface area contributed by atoms with Crippen molar-refractivity contribution >= 4 is 17.8 Å². The van der Waals surface area contributed by atoms with Gasteiger partial charge in [-0.25, -0.2) is 4.98 Å². The first-order valence-corrected chi connectivity index (χ1v) is 13.0. The minimum atomic E-state index is 0.981. The average Bonchev–Trinajstić information content (AvgIpc) is 2.98. The Morgan fingerprint density at radius 1 is 0.514 bits per heavy atom. The molecule has 2 heteroatoms. The molecule has 2 nitrogen and oxygen atoms in total. The number of hydrogen-bond donors (Lipinski definition) is 0. The Morgan fingerprint density at radius 3 is 1.43 bits per heavy atom. The van der Waals surface area contributed by atoms with Crippen molar-refractivity contribution in [3.8, 4) is 33.6 Å². The molecule has 0 bridgehead atoms. The maximum Gasteiger partial charge on any atom is 0.0715 e. The van der Waals surface area contributed by atoms with Crippen molar-refractivity contribution in [1.29, 1.82) is 0 Å². The lowest BCUT2D eigenvalue weighted by atomic mass is 9.99. The lowest BCUT2D eigenvalue weighted by molar-refractivity contribution is 0.866. The summed E-state index contributed by atoms with van der Waals surface area (Å²) in [6.07, 6.45) is 4.35. The molecule has 5 rings (SSSR count). The fraction of sp³-hybridized carbons (Fsp3) is 0.114. The van der Waals surface area contributed by atoms with Gasteiger partial charge in [-0.05, 0) is 60.4 Å². The van der Waals surface area contributed by atoms with E-state index < -0.39 is 0 Å². The smallest absolute Gasteiger partial charge is 0.0715 e. The van der Waals surface area contributed by atoms with E-state index >= 15 is 0 Å². The van der Waals surface area contributed by atoms with Crippen molar-refractivity contribution in [2.75, 3.05) is 18.0 Å². The molecule has 0 N–H and O–H groups in total. The molecule has 4 aromatic carbocycles. The summed E-state index contributed by atoms with van der Waals surface area (Å²) in [5.41, 5.74) is 10.2. The maximum atomic E-state index is 4.99. The van der Waals surface area contributed by atoms with Crippen molar-refractivity contribution in [3.63, 3.8) is 0 Å². The molecule has 0 atom stereocenters. The monoisotopic (exact) mass is 480 g/mol. The van der Waals surface area contributed by atoms with E-state index in [9.17, 15) is 0 Å². The van der Waals surface area contributed by atoms with Gasteiger partial charge in [-0.15, -0.1) is 0 Å². The second-order valence-electron chi connectivity index (χ2n) is 9.08. The molecular weight excluding hydrogens is 448 g/mol. The third-order valence-corrected chi connectivity index (χ3v) is 6.70. The lowest BCUT2D eigenvalue weighted by Gasteiger charge is -2.20. The van der Waals surface area contributed by atoms with Crippen LogP contribution >= 0.6 is 0 Å². The van der Waals surface area contributed by atoms with Gasteiger partial charge in [0.2, 0.25) is 0 Å². The zero-order valence-electron chi connectivity index (χ0n) is 21.5. The molecule has 1 heterocycles. The van der Waals surface area contributed by atoms with E-state index in [4.69, 9.17) is 4.98 Å². The number of aromatic nitrogens is 1. The summed E-state index contributed by atoms with van der Waals surface area (Å²) in [6, 6.07) is 42.7. The van der Waals surface area contributed by atoms with Crippen LogP contribution in [0.5, 0.6) is 0 Å². The van der Waals surface area contributed by atoms with Gasteiger partial charge in [0, 0.05) is 29.9 Å². The molecule has 0 saturated carbocycles. The highest BCUT2D eigenvalue weighted by molar-refractivity contribution is 5.78. The van der Waals surface area contributed by atoms with E-state index in [0.29, 0.717) is 0 Å². The minimum Gasteiger partial charge on any atom is -0.372 e. The molecule has 0 saturated heterocycles. The van der Waals surface area contributed by atoms with Crippen LogP contribution in [0, 0.1) is 0 Å². The molecule has 0 aliphatic carbocycles. The molecule has 0 aliphatic rings. The Balaban J connectivity index is 1.41. The van der Waals surface area contributed by atoms with Gasteiger partial charge < -0.3 is 4.90 Å². The number of benzene rings is 4. The fourth-order valence-corrected chi connectivity index (χ4v) is 4.57. The van der Waals surface area contributed by atoms with Crippen LogP contribution in [0.25, 0.3) is 45.8 Å². The first kappa shape index (κ1) is 24.3. The quantitative estimate of drug-likeness (QED) is 0.206. The zero-order chi connectivity index (χ0) is 25.5. The first-order chi connectivity index (χ1) is 18.2. The number of pyridine rings is 1. The standard InChI is InChI=1S/C35H32N2/c1-3-37(4-2)33-23-19-28(20-24-33)16-15-27-17-21-29(22-18-27)32-25-34(30-11-7-5-8-12-30)36-35(26-32)31-13-9-6-10-14-31/h5-26H,3-4H2,1-2H3/b16-15+. The summed E-state index contributed by atoms with van der Waals surface area (Å²) in [5, 5.41) is 0. The summed E-state index contributed by atoms with van der Waals surface area (Å²) in [4.78, 5) is 7.35. The molecule has 0 unspecified atom stereocenters. The SMILES string of the molecule is CCN(CC)c1ccc(/C=C/c2ccc(-c3cc(-c4ccccc4)nc(-c4ccccc4)c3)cc2)cc1. The Hall–Kier alpha value is -4.43. The van der Waals surface area contributed by atoms with Crippen molar-refractivity contribution in [1.82, 2.24) is 4.98 Å². The number of rotatable bonds is 8. The summed E-state index contributed by atoms with van der Waals surface area (Å²) < 4.78 is 0. The molecule has 1 aromatic heterocycles. The molecule has 0 amide bonds. The number of anilines is 1. The zero-order valence-corrected chi connectivity index (χ0v) is 21.5. The van der Waals surface area contributed by atoms with E-state index in [2.05, 4.69) is 140 Å². The first-order valence-electron chi connectivity index (χ1n) is 13.0. The molecule has 5 aromatic rings. The largest absolute Gasteiger partial charge is 0.372 e. The third-order valence-electron chi connectivity index (χ3n) is 6.70. The Kier molecular flexibility index (Phi) is 7.57. The van der Waals surface area contributed by atoms with E-state index in [-0.39, 0.29) is 0 Å². The van der Waals surface area contributed by atoms with Crippen molar-refractivity contribution in [2.24, 2.45) is 0 Å². The summed E-state index contributed by atoms with van der Waals surface area (Å²) in [6.45, 7) is 6.43. The van der Waals surface area contributed by atoms with Crippen molar-refractivity contribution < 1.29 is 0 Å². The van der Waals surface area contributed by atoms with Gasteiger partial charge in [0.1, 0.15) is 0 Å². The van der Waals surface area contributed by atoms with Gasteiger partial charge in [0.15, 0.2) is 0 Å². The van der Waals surface area contributed by atoms with Gasteiger partial charge in [-0.2, -0.15) is 0 Å². The van der Waals surface area contributed by atoms with Crippen molar-refractivity contribution in [3.05, 3.63) is 132 Å². The van der Waals surface area contributed by atoms with Gasteiger partial charge in [0.05, 0.1) is 11.4 Å². The molecule has 0 spiro atoms. The topological polar surface area (TPSA) is 16.1 Å². The summed E-state index contributed by atoms with van der Waals surface area (Å²) in [5.74, 6) is 0. The normalized spacial score (nSPS) is 11.1. The van der Waals surface area contributed by atoms with E-state index in [0.717, 1.165) is 41.2 Å². The van der Waals surface area contributed by atoms with Crippen LogP contribution in [0.2, 0.25) is 0 Å². The lowest BCUT2D eigenvalue weighted by Crippen LogP contribution is -2.21. The van der Waals surface area contributed by atoms with Crippen LogP contribution < -0.4 is 4.90 Å². The molecule has 37 heavy (non-hydrogen) atoms. The van der Waals surface area contributed by atoms with E-state index in [1.807, 2.05) is 12.1 Å². The Labute approximate surface area is 220 Å². The molecule has 0 radical (unpaired) electrons. The van der Waals surface area contributed by atoms with Gasteiger partial charge in [0.25, 0.3) is 0 Å². The molecular formula is C35H32N2. The molecule has 182 valence electrons. The van der Waals surface area contributed by atoms with Gasteiger partial charge in [-0.1, -0.05) is 109 Å². The number of hydrogen-bond acceptors (Lipinski definition) is 2. The van der Waals surface area contributed by atoms with E-state index in [1.54, 1.807) is 0 Å². The average molecular weight is 481 g/mol. The van der Waals surface area contributed by atoms with Crippen LogP contribution in [-0.4, -0.2) is 18.1 Å². The highest BCUT2D eigenvalue weighted by Crippen LogP contribution is 2.30. The Morgan fingerprint density at radius 2 is 0.973 bits per heavy atom. The van der Waals surface area contributed by atoms with Crippen LogP contribution in [0.3, 0.4) is 0 Å². The predicted molar refractivity (Wildman–Crippen MR) is 159 cm³/mol. The highest BCUT2D eigenvalue weighted by Gasteiger charge is 2.09. The third kappa shape index (κ3) is 5.87. The highest BCUT2D eigenvalue weighted by atomic mass is 15.1. The van der Waals surface area contributed by atoms with Crippen LogP contribution in [0.4, 0.5) is 5.69 Å². The number of nitrogens with zero attached hydrogens (tertiary/aromatic N) is 2. The second-order valence-corrected chi connectivity index (χ2v) is 9.08. The van der Waals surface area contributed by atoms with Crippen LogP contribution in [-0.2, 0) is 0 Å². The van der Waals surface area contributed by atoms with Gasteiger partial charge >= 0.3 is 0 Å². The van der Waals surface area contributed by atoms with E-state index in [1.165, 1.54) is 22.4 Å². The minimum absolute atomic E-state index is 0.981. The molecule has 0 aliphatic heterocycles. The van der Waals surface area contributed by atoms with Crippen LogP contribution in [0.15, 0.2) is 121 Å². The fourth-order valence-electron chi connectivity index (χ4n) is 4.57. The van der Waals surface area contributed by atoms with Crippen LogP contribution in [0.1, 0.15) is 25.0 Å². The Bertz CT molecular complexity index is 1390. The predicted octanol–water partition coefficient (Wildman–Crippen LogP) is 9.10. The maximum absolute atomic E-state index is 4.99.